The molecule has 2 heterocycles. The molecule has 0 saturated carbocycles. The minimum Gasteiger partial charge on any atom is -0.385 e. The van der Waals surface area contributed by atoms with Crippen LogP contribution in [-0.2, 0) is 0 Å². The van der Waals surface area contributed by atoms with E-state index in [1.54, 1.807) is 0 Å². The van der Waals surface area contributed by atoms with Crippen molar-refractivity contribution in [2.24, 2.45) is 0 Å². The molecule has 2 saturated heterocycles. The van der Waals surface area contributed by atoms with E-state index in [-0.39, 0.29) is 0 Å². The van der Waals surface area contributed by atoms with Crippen LogP contribution in [-0.4, -0.2) is 26.4 Å². The lowest BCUT2D eigenvalue weighted by Gasteiger charge is -2.30. The van der Waals surface area contributed by atoms with Crippen molar-refractivity contribution in [2.45, 2.75) is 18.8 Å². The van der Waals surface area contributed by atoms with Gasteiger partial charge in [-0.1, -0.05) is 36.4 Å². The topological polar surface area (TPSA) is 72.2 Å². The Kier molecular flexibility index (Phi) is 5.58. The fourth-order valence-corrected chi connectivity index (χ4v) is 4.54. The number of hydrogen-bond acceptors (Lipinski definition) is 6. The molecular weight excluding hydrogens is 408 g/mol. The fourth-order valence-electron chi connectivity index (χ4n) is 4.54. The second-order valence-electron chi connectivity index (χ2n) is 8.89. The summed E-state index contributed by atoms with van der Waals surface area (Å²) >= 11 is 0. The monoisotopic (exact) mass is 438 g/mol. The zero-order valence-corrected chi connectivity index (χ0v) is 18.6. The molecule has 6 rings (SSSR count). The van der Waals surface area contributed by atoms with Crippen LogP contribution in [0.15, 0.2) is 72.8 Å². The van der Waals surface area contributed by atoms with E-state index in [0.717, 1.165) is 32.8 Å². The molecule has 2 aliphatic heterocycles. The highest BCUT2D eigenvalue weighted by molar-refractivity contribution is 5.87. The van der Waals surface area contributed by atoms with E-state index < -0.39 is 0 Å². The van der Waals surface area contributed by atoms with E-state index in [9.17, 15) is 0 Å². The van der Waals surface area contributed by atoms with Gasteiger partial charge in [-0.2, -0.15) is 0 Å². The van der Waals surface area contributed by atoms with Crippen molar-refractivity contribution in [1.29, 1.82) is 0 Å². The lowest BCUT2D eigenvalue weighted by Crippen LogP contribution is -2.51. The van der Waals surface area contributed by atoms with Crippen LogP contribution in [0.25, 0.3) is 21.5 Å². The van der Waals surface area contributed by atoms with Gasteiger partial charge in [0.1, 0.15) is 0 Å². The first-order valence-corrected chi connectivity index (χ1v) is 11.8. The third-order valence-corrected chi connectivity index (χ3v) is 6.63. The van der Waals surface area contributed by atoms with Gasteiger partial charge in [0.2, 0.25) is 0 Å². The van der Waals surface area contributed by atoms with Crippen LogP contribution in [0.2, 0.25) is 0 Å². The molecule has 0 bridgehead atoms. The molecule has 0 atom stereocenters. The normalized spacial score (nSPS) is 16.5. The van der Waals surface area contributed by atoms with Crippen molar-refractivity contribution in [1.82, 2.24) is 21.3 Å². The Morgan fingerprint density at radius 3 is 1.39 bits per heavy atom. The molecular formula is C27H30N6. The Hall–Kier alpha value is -3.16. The first-order valence-electron chi connectivity index (χ1n) is 11.8. The maximum Gasteiger partial charge on any atom is 0.0855 e. The zero-order chi connectivity index (χ0) is 22.0. The molecule has 0 aliphatic carbocycles. The second kappa shape index (κ2) is 9.00. The van der Waals surface area contributed by atoms with E-state index >= 15 is 0 Å². The highest BCUT2D eigenvalue weighted by Gasteiger charge is 2.18. The van der Waals surface area contributed by atoms with Crippen molar-refractivity contribution in [2.75, 3.05) is 37.1 Å². The third-order valence-electron chi connectivity index (χ3n) is 6.63. The predicted molar refractivity (Wildman–Crippen MR) is 137 cm³/mol. The van der Waals surface area contributed by atoms with Gasteiger partial charge >= 0.3 is 0 Å². The van der Waals surface area contributed by atoms with Crippen molar-refractivity contribution in [3.05, 3.63) is 83.9 Å². The maximum atomic E-state index is 3.56. The van der Waals surface area contributed by atoms with Crippen molar-refractivity contribution < 1.29 is 0 Å². The standard InChI is InChI=1S/C27H30N6/c1(10-28-24-8-6-18-12-22(26-30-16-31-26)4-2-20(18)14-24)11-29-25-9-7-19-13-23(27-32-17-33-27)5-3-21(19)15-25/h2-9,12-15,26-33H,1,10-11,16-17H2. The van der Waals surface area contributed by atoms with Crippen molar-refractivity contribution in [3.8, 4) is 0 Å². The van der Waals surface area contributed by atoms with E-state index in [1.807, 2.05) is 0 Å². The molecule has 4 aromatic carbocycles. The number of nitrogens with one attached hydrogen (secondary N) is 6. The third kappa shape index (κ3) is 4.38. The van der Waals surface area contributed by atoms with E-state index in [0.29, 0.717) is 12.3 Å². The largest absolute Gasteiger partial charge is 0.385 e. The number of fused-ring (bicyclic) bond motifs is 2. The molecule has 6 N–H and O–H groups in total. The summed E-state index contributed by atoms with van der Waals surface area (Å²) in [5.41, 5.74) is 4.93. The molecule has 33 heavy (non-hydrogen) atoms. The van der Waals surface area contributed by atoms with Crippen LogP contribution in [0.3, 0.4) is 0 Å². The maximum absolute atomic E-state index is 3.56. The van der Waals surface area contributed by atoms with Gasteiger partial charge in [-0.15, -0.1) is 0 Å². The summed E-state index contributed by atoms with van der Waals surface area (Å²) in [5, 5.41) is 25.7. The van der Waals surface area contributed by atoms with Crippen molar-refractivity contribution in [3.63, 3.8) is 0 Å². The first kappa shape index (κ1) is 20.4. The van der Waals surface area contributed by atoms with Crippen LogP contribution < -0.4 is 31.9 Å². The van der Waals surface area contributed by atoms with Gasteiger partial charge in [0.15, 0.2) is 0 Å². The molecule has 2 aliphatic rings. The molecule has 2 fully saturated rings. The zero-order valence-electron chi connectivity index (χ0n) is 18.6. The SMILES string of the molecule is c1cc2cc(C3NCN3)ccc2cc1NCCCNc1ccc2cc(C3NCN3)ccc2c1. The van der Waals surface area contributed by atoms with Gasteiger partial charge in [0.05, 0.1) is 12.3 Å². The summed E-state index contributed by atoms with van der Waals surface area (Å²) in [6.45, 7) is 3.65. The predicted octanol–water partition coefficient (Wildman–Crippen LogP) is 4.20. The van der Waals surface area contributed by atoms with Crippen LogP contribution in [0.5, 0.6) is 0 Å². The number of anilines is 2. The van der Waals surface area contributed by atoms with Crippen LogP contribution in [0.1, 0.15) is 29.9 Å². The quantitative estimate of drug-likeness (QED) is 0.232. The van der Waals surface area contributed by atoms with E-state index in [2.05, 4.69) is 105 Å². The van der Waals surface area contributed by atoms with Crippen LogP contribution >= 0.6 is 0 Å². The summed E-state index contributed by atoms with van der Waals surface area (Å²) in [7, 11) is 0. The van der Waals surface area contributed by atoms with Gasteiger partial charge in [-0.25, -0.2) is 0 Å². The van der Waals surface area contributed by atoms with Gasteiger partial charge in [0, 0.05) is 37.8 Å². The number of benzene rings is 4. The summed E-state index contributed by atoms with van der Waals surface area (Å²) in [6.07, 6.45) is 1.63. The Morgan fingerprint density at radius 1 is 0.545 bits per heavy atom. The van der Waals surface area contributed by atoms with Gasteiger partial charge in [-0.3, -0.25) is 21.3 Å². The van der Waals surface area contributed by atoms with Gasteiger partial charge in [0.25, 0.3) is 0 Å². The van der Waals surface area contributed by atoms with Crippen LogP contribution in [0, 0.1) is 0 Å². The molecule has 0 amide bonds. The fraction of sp³-hybridized carbons (Fsp3) is 0.259. The molecule has 6 nitrogen and oxygen atoms in total. The number of hydrogen-bond donors (Lipinski definition) is 6. The molecule has 6 heteroatoms. The van der Waals surface area contributed by atoms with Crippen LogP contribution in [0.4, 0.5) is 11.4 Å². The summed E-state index contributed by atoms with van der Waals surface area (Å²) in [4.78, 5) is 0. The molecule has 0 unspecified atom stereocenters. The summed E-state index contributed by atoms with van der Waals surface area (Å²) in [6, 6.07) is 26.6. The summed E-state index contributed by atoms with van der Waals surface area (Å²) in [5.74, 6) is 0. The minimum absolute atomic E-state index is 0.293. The first-order chi connectivity index (χ1) is 16.3. The van der Waals surface area contributed by atoms with Crippen molar-refractivity contribution >= 4 is 32.9 Å². The molecule has 0 radical (unpaired) electrons. The lowest BCUT2D eigenvalue weighted by atomic mass is 10.0. The average Bonchev–Trinajstić information content (AvgIpc) is 2.76. The average molecular weight is 439 g/mol. The van der Waals surface area contributed by atoms with E-state index in [1.165, 1.54) is 44.0 Å². The molecule has 4 aromatic rings. The highest BCUT2D eigenvalue weighted by atomic mass is 15.3. The Morgan fingerprint density at radius 2 is 0.970 bits per heavy atom. The van der Waals surface area contributed by atoms with E-state index in [4.69, 9.17) is 0 Å². The molecule has 0 aromatic heterocycles. The Bertz CT molecular complexity index is 1180. The highest BCUT2D eigenvalue weighted by Crippen LogP contribution is 2.25. The number of rotatable bonds is 8. The van der Waals surface area contributed by atoms with Gasteiger partial charge in [-0.05, 0) is 75.5 Å². The molecule has 168 valence electrons. The Labute approximate surface area is 194 Å². The lowest BCUT2D eigenvalue weighted by molar-refractivity contribution is 0.308. The second-order valence-corrected chi connectivity index (χ2v) is 8.89. The smallest absolute Gasteiger partial charge is 0.0855 e. The Balaban J connectivity index is 1.00. The minimum atomic E-state index is 0.293. The summed E-state index contributed by atoms with van der Waals surface area (Å²) < 4.78 is 0. The van der Waals surface area contributed by atoms with Gasteiger partial charge < -0.3 is 10.6 Å². The molecule has 0 spiro atoms.